The third-order valence-corrected chi connectivity index (χ3v) is 3.26. The third-order valence-electron chi connectivity index (χ3n) is 2.93. The molecule has 2 aromatic rings. The van der Waals surface area contributed by atoms with Crippen LogP contribution in [0.3, 0.4) is 0 Å². The molecule has 0 fully saturated rings. The quantitative estimate of drug-likeness (QED) is 0.631. The van der Waals surface area contributed by atoms with Gasteiger partial charge in [-0.05, 0) is 17.7 Å². The fourth-order valence-corrected chi connectivity index (χ4v) is 1.96. The van der Waals surface area contributed by atoms with Gasteiger partial charge >= 0.3 is 0 Å². The first-order valence-corrected chi connectivity index (χ1v) is 7.44. The molecule has 2 amide bonds. The maximum atomic E-state index is 11.8. The normalized spacial score (nSPS) is 10.5. The number of hydrogen-bond acceptors (Lipinski definition) is 3. The van der Waals surface area contributed by atoms with E-state index in [9.17, 15) is 9.59 Å². The van der Waals surface area contributed by atoms with E-state index in [0.29, 0.717) is 10.7 Å². The van der Waals surface area contributed by atoms with Crippen molar-refractivity contribution in [2.75, 3.05) is 5.32 Å². The molecule has 6 heteroatoms. The molecule has 0 aliphatic rings. The van der Waals surface area contributed by atoms with Crippen molar-refractivity contribution in [3.05, 3.63) is 65.2 Å². The molecule has 0 heterocycles. The molecule has 0 aliphatic carbocycles. The van der Waals surface area contributed by atoms with Crippen molar-refractivity contribution in [3.63, 3.8) is 0 Å². The first kappa shape index (κ1) is 16.7. The lowest BCUT2D eigenvalue weighted by Crippen LogP contribution is -2.20. The van der Waals surface area contributed by atoms with E-state index >= 15 is 0 Å². The standard InChI is InChI=1S/C17H16ClN3O2/c18-14-8-4-5-9-15(14)20-16(22)10-11-17(23)21-19-12-13-6-2-1-3-7-13/h1-9,12H,10-11H2,(H,20,22)(H,21,23)/b19-12-. The molecule has 2 aromatic carbocycles. The molecule has 0 saturated carbocycles. The molecule has 0 aliphatic heterocycles. The van der Waals surface area contributed by atoms with Gasteiger partial charge < -0.3 is 5.32 Å². The van der Waals surface area contributed by atoms with Gasteiger partial charge in [-0.25, -0.2) is 5.43 Å². The minimum atomic E-state index is -0.327. The fraction of sp³-hybridized carbons (Fsp3) is 0.118. The van der Waals surface area contributed by atoms with E-state index in [-0.39, 0.29) is 24.7 Å². The fourth-order valence-electron chi connectivity index (χ4n) is 1.78. The molecule has 0 bridgehead atoms. The number of hydrazone groups is 1. The van der Waals surface area contributed by atoms with Crippen molar-refractivity contribution in [1.29, 1.82) is 0 Å². The van der Waals surface area contributed by atoms with Crippen LogP contribution in [0.25, 0.3) is 0 Å². The summed E-state index contributed by atoms with van der Waals surface area (Å²) < 4.78 is 0. The van der Waals surface area contributed by atoms with E-state index in [1.807, 2.05) is 30.3 Å². The minimum Gasteiger partial charge on any atom is -0.325 e. The zero-order valence-electron chi connectivity index (χ0n) is 12.3. The Labute approximate surface area is 139 Å². The molecule has 0 spiro atoms. The monoisotopic (exact) mass is 329 g/mol. The average Bonchev–Trinajstić information content (AvgIpc) is 2.56. The number of anilines is 1. The van der Waals surface area contributed by atoms with Gasteiger partial charge in [-0.2, -0.15) is 5.10 Å². The number of nitrogens with zero attached hydrogens (tertiary/aromatic N) is 1. The van der Waals surface area contributed by atoms with Crippen molar-refractivity contribution in [1.82, 2.24) is 5.43 Å². The summed E-state index contributed by atoms with van der Waals surface area (Å²) in [5, 5.41) is 6.95. The van der Waals surface area contributed by atoms with E-state index in [0.717, 1.165) is 5.56 Å². The van der Waals surface area contributed by atoms with Crippen LogP contribution in [0.15, 0.2) is 59.7 Å². The van der Waals surface area contributed by atoms with Gasteiger partial charge in [0.2, 0.25) is 11.8 Å². The van der Waals surface area contributed by atoms with E-state index in [1.165, 1.54) is 0 Å². The van der Waals surface area contributed by atoms with Gasteiger partial charge in [0.05, 0.1) is 16.9 Å². The van der Waals surface area contributed by atoms with Crippen LogP contribution in [-0.2, 0) is 9.59 Å². The summed E-state index contributed by atoms with van der Waals surface area (Å²) in [7, 11) is 0. The highest BCUT2D eigenvalue weighted by Gasteiger charge is 2.08. The Kier molecular flexibility index (Phi) is 6.32. The second-order valence-corrected chi connectivity index (χ2v) is 5.14. The number of hydrogen-bond donors (Lipinski definition) is 2. The van der Waals surface area contributed by atoms with Crippen molar-refractivity contribution < 1.29 is 9.59 Å². The second-order valence-electron chi connectivity index (χ2n) is 4.73. The number of carbonyl (C=O) groups excluding carboxylic acids is 2. The molecule has 0 atom stereocenters. The van der Waals surface area contributed by atoms with Crippen LogP contribution in [0.1, 0.15) is 18.4 Å². The molecular formula is C17H16ClN3O2. The average molecular weight is 330 g/mol. The van der Waals surface area contributed by atoms with Crippen molar-refractivity contribution >= 4 is 35.3 Å². The lowest BCUT2D eigenvalue weighted by atomic mass is 10.2. The molecule has 2 N–H and O–H groups in total. The molecule has 23 heavy (non-hydrogen) atoms. The number of rotatable bonds is 6. The summed E-state index contributed by atoms with van der Waals surface area (Å²) in [6.07, 6.45) is 1.64. The van der Waals surface area contributed by atoms with Gasteiger partial charge in [0.15, 0.2) is 0 Å². The van der Waals surface area contributed by atoms with Gasteiger partial charge in [-0.15, -0.1) is 0 Å². The largest absolute Gasteiger partial charge is 0.325 e. The van der Waals surface area contributed by atoms with Crippen LogP contribution in [0, 0.1) is 0 Å². The summed E-state index contributed by atoms with van der Waals surface area (Å²) in [6.45, 7) is 0. The predicted molar refractivity (Wildman–Crippen MR) is 91.5 cm³/mol. The third kappa shape index (κ3) is 5.92. The number of carbonyl (C=O) groups is 2. The van der Waals surface area contributed by atoms with Crippen LogP contribution < -0.4 is 10.7 Å². The first-order valence-electron chi connectivity index (χ1n) is 7.06. The number of halogens is 1. The van der Waals surface area contributed by atoms with Crippen LogP contribution in [0.5, 0.6) is 0 Å². The predicted octanol–water partition coefficient (Wildman–Crippen LogP) is 3.21. The molecular weight excluding hydrogens is 314 g/mol. The summed E-state index contributed by atoms with van der Waals surface area (Å²) in [4.78, 5) is 23.4. The van der Waals surface area contributed by atoms with Gasteiger partial charge in [0, 0.05) is 12.8 Å². The topological polar surface area (TPSA) is 70.6 Å². The van der Waals surface area contributed by atoms with Gasteiger partial charge in [0.25, 0.3) is 0 Å². The van der Waals surface area contributed by atoms with Crippen LogP contribution in [0.2, 0.25) is 5.02 Å². The number of amides is 2. The number of para-hydroxylation sites is 1. The van der Waals surface area contributed by atoms with Crippen molar-refractivity contribution in [2.24, 2.45) is 5.10 Å². The van der Waals surface area contributed by atoms with E-state index in [1.54, 1.807) is 30.5 Å². The Bertz CT molecular complexity index is 702. The highest BCUT2D eigenvalue weighted by molar-refractivity contribution is 6.33. The highest BCUT2D eigenvalue weighted by Crippen LogP contribution is 2.20. The molecule has 0 radical (unpaired) electrons. The van der Waals surface area contributed by atoms with E-state index in [4.69, 9.17) is 11.6 Å². The summed E-state index contributed by atoms with van der Waals surface area (Å²) in [6, 6.07) is 16.3. The van der Waals surface area contributed by atoms with Crippen LogP contribution in [-0.4, -0.2) is 18.0 Å². The molecule has 5 nitrogen and oxygen atoms in total. The number of nitrogens with one attached hydrogen (secondary N) is 2. The maximum absolute atomic E-state index is 11.8. The van der Waals surface area contributed by atoms with Crippen molar-refractivity contribution in [3.8, 4) is 0 Å². The first-order chi connectivity index (χ1) is 11.1. The van der Waals surface area contributed by atoms with Gasteiger partial charge in [-0.3, -0.25) is 9.59 Å². The van der Waals surface area contributed by atoms with Gasteiger partial charge in [-0.1, -0.05) is 54.1 Å². The van der Waals surface area contributed by atoms with E-state index in [2.05, 4.69) is 15.8 Å². The summed E-state index contributed by atoms with van der Waals surface area (Å²) in [5.74, 6) is -0.605. The SMILES string of the molecule is O=C(CCC(=O)Nc1ccccc1Cl)N/N=C\c1ccccc1. The second kappa shape index (κ2) is 8.70. The molecule has 2 rings (SSSR count). The summed E-state index contributed by atoms with van der Waals surface area (Å²) in [5.41, 5.74) is 3.79. The molecule has 0 unspecified atom stereocenters. The Balaban J connectivity index is 1.73. The zero-order chi connectivity index (χ0) is 16.5. The maximum Gasteiger partial charge on any atom is 0.240 e. The Morgan fingerprint density at radius 1 is 0.957 bits per heavy atom. The Morgan fingerprint density at radius 3 is 2.35 bits per heavy atom. The van der Waals surface area contributed by atoms with Gasteiger partial charge in [0.1, 0.15) is 0 Å². The molecule has 0 aromatic heterocycles. The smallest absolute Gasteiger partial charge is 0.240 e. The lowest BCUT2D eigenvalue weighted by Gasteiger charge is -2.06. The van der Waals surface area contributed by atoms with Crippen molar-refractivity contribution in [2.45, 2.75) is 12.8 Å². The Morgan fingerprint density at radius 2 is 1.61 bits per heavy atom. The lowest BCUT2D eigenvalue weighted by molar-refractivity contribution is -0.124. The van der Waals surface area contributed by atoms with E-state index < -0.39 is 0 Å². The molecule has 118 valence electrons. The number of benzene rings is 2. The Hall–Kier alpha value is -2.66. The highest BCUT2D eigenvalue weighted by atomic mass is 35.5. The molecule has 0 saturated heterocycles. The zero-order valence-corrected chi connectivity index (χ0v) is 13.1. The van der Waals surface area contributed by atoms with Crippen LogP contribution >= 0.6 is 11.6 Å². The minimum absolute atomic E-state index is 0.0441. The van der Waals surface area contributed by atoms with Crippen LogP contribution in [0.4, 0.5) is 5.69 Å². The summed E-state index contributed by atoms with van der Waals surface area (Å²) >= 11 is 5.94.